The normalized spacial score (nSPS) is 32.9. The minimum absolute atomic E-state index is 0.0889. The highest BCUT2D eigenvalue weighted by molar-refractivity contribution is 6.35. The van der Waals surface area contributed by atoms with Gasteiger partial charge in [0.25, 0.3) is 5.91 Å². The largest absolute Gasteiger partial charge is 0.330 e. The van der Waals surface area contributed by atoms with Crippen LogP contribution < -0.4 is 0 Å². The predicted molar refractivity (Wildman–Crippen MR) is 84.0 cm³/mol. The van der Waals surface area contributed by atoms with Crippen molar-refractivity contribution in [3.05, 3.63) is 28.9 Å². The van der Waals surface area contributed by atoms with E-state index in [-0.39, 0.29) is 5.91 Å². The summed E-state index contributed by atoms with van der Waals surface area (Å²) in [5, 5.41) is 8.58. The van der Waals surface area contributed by atoms with Gasteiger partial charge in [0.15, 0.2) is 0 Å². The van der Waals surface area contributed by atoms with Crippen LogP contribution in [-0.4, -0.2) is 57.6 Å². The maximum absolute atomic E-state index is 13.2. The van der Waals surface area contributed by atoms with Crippen molar-refractivity contribution in [2.24, 2.45) is 5.92 Å². The first-order chi connectivity index (χ1) is 10.7. The number of para-hydroxylation sites is 1. The fourth-order valence-electron chi connectivity index (χ4n) is 4.66. The first-order valence-electron chi connectivity index (χ1n) is 7.90. The Bertz CT molecular complexity index is 773. The van der Waals surface area contributed by atoms with Crippen LogP contribution in [0.15, 0.2) is 18.2 Å². The molecule has 1 aromatic heterocycles. The molecular formula is C16H17ClN4O. The fraction of sp³-hybridized carbons (Fsp3) is 0.500. The van der Waals surface area contributed by atoms with Gasteiger partial charge in [0.2, 0.25) is 0 Å². The smallest absolute Gasteiger partial charge is 0.273 e. The van der Waals surface area contributed by atoms with Gasteiger partial charge in [-0.2, -0.15) is 5.10 Å². The molecule has 3 aliphatic heterocycles. The lowest BCUT2D eigenvalue weighted by molar-refractivity contribution is 0.0668. The Labute approximate surface area is 133 Å². The number of carbonyl (C=O) groups is 1. The summed E-state index contributed by atoms with van der Waals surface area (Å²) in [4.78, 5) is 17.8. The summed E-state index contributed by atoms with van der Waals surface area (Å²) >= 11 is 6.17. The first-order valence-corrected chi connectivity index (χ1v) is 8.28. The van der Waals surface area contributed by atoms with Crippen LogP contribution in [0, 0.1) is 5.92 Å². The highest BCUT2D eigenvalue weighted by Crippen LogP contribution is 2.41. The standard InChI is InChI=1S/C16H17ClN4O/c17-12-3-1-2-11-14(12)18-19-15(11)16(22)21-10-6-9-7-20(8-10)5-4-13(9)21/h1-3,9-10,13H,4-8H2,(H,18,19). The molecule has 3 bridgehead atoms. The first kappa shape index (κ1) is 12.9. The molecule has 22 heavy (non-hydrogen) atoms. The molecule has 0 saturated carbocycles. The number of H-pyrrole nitrogens is 1. The highest BCUT2D eigenvalue weighted by Gasteiger charge is 2.50. The molecule has 0 aliphatic carbocycles. The summed E-state index contributed by atoms with van der Waals surface area (Å²) in [5.74, 6) is 0.736. The topological polar surface area (TPSA) is 52.2 Å². The SMILES string of the molecule is O=C(c1[nH]nc2c(Cl)cccc12)N1C2CC3CN(CCC31)C2. The molecule has 6 heteroatoms. The van der Waals surface area contributed by atoms with E-state index < -0.39 is 0 Å². The van der Waals surface area contributed by atoms with Gasteiger partial charge in [0, 0.05) is 37.1 Å². The lowest BCUT2D eigenvalue weighted by Gasteiger charge is -2.35. The van der Waals surface area contributed by atoms with Crippen LogP contribution in [0.4, 0.5) is 0 Å². The monoisotopic (exact) mass is 316 g/mol. The fourth-order valence-corrected chi connectivity index (χ4v) is 4.88. The van der Waals surface area contributed by atoms with Crippen LogP contribution in [0.3, 0.4) is 0 Å². The number of aromatic amines is 1. The van der Waals surface area contributed by atoms with Crippen LogP contribution in [0.25, 0.3) is 10.9 Å². The zero-order chi connectivity index (χ0) is 14.8. The van der Waals surface area contributed by atoms with Gasteiger partial charge in [-0.3, -0.25) is 9.89 Å². The number of nitrogens with one attached hydrogen (secondary N) is 1. The van der Waals surface area contributed by atoms with Crippen LogP contribution in [0.2, 0.25) is 5.02 Å². The van der Waals surface area contributed by atoms with Crippen molar-refractivity contribution in [3.63, 3.8) is 0 Å². The van der Waals surface area contributed by atoms with Crippen molar-refractivity contribution in [2.75, 3.05) is 19.6 Å². The Morgan fingerprint density at radius 3 is 3.18 bits per heavy atom. The second-order valence-corrected chi connectivity index (χ2v) is 7.12. The number of hydrogen-bond donors (Lipinski definition) is 1. The van der Waals surface area contributed by atoms with E-state index in [2.05, 4.69) is 20.0 Å². The van der Waals surface area contributed by atoms with Crippen molar-refractivity contribution >= 4 is 28.4 Å². The third-order valence-electron chi connectivity index (χ3n) is 5.56. The number of fused-ring (bicyclic) bond motifs is 3. The quantitative estimate of drug-likeness (QED) is 0.877. The zero-order valence-electron chi connectivity index (χ0n) is 12.1. The summed E-state index contributed by atoms with van der Waals surface area (Å²) in [6, 6.07) is 6.35. The molecule has 3 fully saturated rings. The molecule has 2 aromatic rings. The van der Waals surface area contributed by atoms with Gasteiger partial charge < -0.3 is 9.80 Å². The van der Waals surface area contributed by atoms with Crippen molar-refractivity contribution < 1.29 is 4.79 Å². The molecule has 1 amide bonds. The average Bonchev–Trinajstić information content (AvgIpc) is 3.01. The van der Waals surface area contributed by atoms with Crippen molar-refractivity contribution in [2.45, 2.75) is 24.9 Å². The molecule has 4 heterocycles. The molecule has 1 aromatic carbocycles. The Morgan fingerprint density at radius 2 is 2.27 bits per heavy atom. The summed E-state index contributed by atoms with van der Waals surface area (Å²) in [6.07, 6.45) is 2.25. The van der Waals surface area contributed by atoms with E-state index in [1.165, 1.54) is 0 Å². The molecule has 5 nitrogen and oxygen atoms in total. The van der Waals surface area contributed by atoms with E-state index in [0.717, 1.165) is 37.9 Å². The van der Waals surface area contributed by atoms with Gasteiger partial charge in [-0.05, 0) is 24.8 Å². The number of halogens is 1. The molecule has 0 radical (unpaired) electrons. The highest BCUT2D eigenvalue weighted by atomic mass is 35.5. The van der Waals surface area contributed by atoms with E-state index in [1.807, 2.05) is 12.1 Å². The third kappa shape index (κ3) is 1.64. The summed E-state index contributed by atoms with van der Waals surface area (Å²) in [6.45, 7) is 3.29. The Hall–Kier alpha value is -1.59. The van der Waals surface area contributed by atoms with E-state index in [1.54, 1.807) is 6.07 Å². The van der Waals surface area contributed by atoms with Gasteiger partial charge in [-0.1, -0.05) is 23.7 Å². The second kappa shape index (κ2) is 4.46. The number of hydrogen-bond acceptors (Lipinski definition) is 3. The average molecular weight is 317 g/mol. The maximum Gasteiger partial charge on any atom is 0.273 e. The molecule has 4 unspecified atom stereocenters. The number of rotatable bonds is 1. The van der Waals surface area contributed by atoms with Crippen LogP contribution in [0.5, 0.6) is 0 Å². The molecule has 4 atom stereocenters. The zero-order valence-corrected chi connectivity index (χ0v) is 12.9. The van der Waals surface area contributed by atoms with Crippen LogP contribution >= 0.6 is 11.6 Å². The summed E-state index contributed by atoms with van der Waals surface area (Å²) in [5.41, 5.74) is 1.27. The van der Waals surface area contributed by atoms with E-state index >= 15 is 0 Å². The lowest BCUT2D eigenvalue weighted by Crippen LogP contribution is -2.44. The van der Waals surface area contributed by atoms with Crippen molar-refractivity contribution in [1.29, 1.82) is 0 Å². The molecule has 114 valence electrons. The minimum atomic E-state index is 0.0889. The molecular weight excluding hydrogens is 300 g/mol. The Morgan fingerprint density at radius 1 is 1.36 bits per heavy atom. The molecule has 0 spiro atoms. The van der Waals surface area contributed by atoms with Gasteiger partial charge in [0.1, 0.15) is 11.2 Å². The number of nitrogens with zero attached hydrogens (tertiary/aromatic N) is 3. The number of aromatic nitrogens is 2. The number of benzene rings is 1. The summed E-state index contributed by atoms with van der Waals surface area (Å²) < 4.78 is 0. The second-order valence-electron chi connectivity index (χ2n) is 6.71. The third-order valence-corrected chi connectivity index (χ3v) is 5.86. The lowest BCUT2D eigenvalue weighted by atomic mass is 9.89. The Kier molecular flexibility index (Phi) is 2.62. The van der Waals surface area contributed by atoms with Gasteiger partial charge >= 0.3 is 0 Å². The molecule has 1 N–H and O–H groups in total. The maximum atomic E-state index is 13.2. The van der Waals surface area contributed by atoms with Crippen molar-refractivity contribution in [1.82, 2.24) is 20.0 Å². The number of likely N-dealkylation sites (tertiary alicyclic amines) is 1. The minimum Gasteiger partial charge on any atom is -0.330 e. The van der Waals surface area contributed by atoms with Gasteiger partial charge in [-0.25, -0.2) is 0 Å². The molecule has 3 aliphatic rings. The van der Waals surface area contributed by atoms with Gasteiger partial charge in [0.05, 0.1) is 5.02 Å². The predicted octanol–water partition coefficient (Wildman–Crippen LogP) is 2.13. The van der Waals surface area contributed by atoms with E-state index in [4.69, 9.17) is 11.6 Å². The van der Waals surface area contributed by atoms with Crippen molar-refractivity contribution in [3.8, 4) is 0 Å². The number of carbonyl (C=O) groups excluding carboxylic acids is 1. The van der Waals surface area contributed by atoms with E-state index in [0.29, 0.717) is 34.2 Å². The molecule has 5 rings (SSSR count). The van der Waals surface area contributed by atoms with Gasteiger partial charge in [-0.15, -0.1) is 0 Å². The molecule has 3 saturated heterocycles. The number of piperidine rings is 2. The Balaban J connectivity index is 1.58. The van der Waals surface area contributed by atoms with Crippen LogP contribution in [-0.2, 0) is 0 Å². The number of amides is 1. The van der Waals surface area contributed by atoms with E-state index in [9.17, 15) is 4.79 Å². The summed E-state index contributed by atoms with van der Waals surface area (Å²) in [7, 11) is 0. The van der Waals surface area contributed by atoms with Crippen LogP contribution in [0.1, 0.15) is 23.3 Å².